The summed E-state index contributed by atoms with van der Waals surface area (Å²) in [6.45, 7) is 6.98. The molecule has 0 amide bonds. The van der Waals surface area contributed by atoms with Crippen LogP contribution >= 0.6 is 0 Å². The van der Waals surface area contributed by atoms with Gasteiger partial charge in [0.1, 0.15) is 6.29 Å². The number of ether oxygens (including phenoxy) is 2. The topological polar surface area (TPSA) is 78.6 Å². The third-order valence-electron chi connectivity index (χ3n) is 7.10. The molecule has 4 aliphatic rings. The third-order valence-corrected chi connectivity index (χ3v) is 7.10. The van der Waals surface area contributed by atoms with Crippen molar-refractivity contribution in [2.24, 2.45) is 11.8 Å². The lowest BCUT2D eigenvalue weighted by atomic mass is 9.72. The zero-order chi connectivity index (χ0) is 20.1. The standard InChI is InChI=1S/C22H41N5O2/c1-15-12-20(24-9-11-28-2)27-22(25-15)26-18-13-17-6-10-29-21(17)19(14-18)16-4-3-7-23-8-5-16/h5,15,17-27H,3-4,6-14H2,1-2H3. The van der Waals surface area contributed by atoms with Gasteiger partial charge in [0.05, 0.1) is 18.9 Å². The second kappa shape index (κ2) is 10.7. The minimum Gasteiger partial charge on any atom is -0.383 e. The van der Waals surface area contributed by atoms with Gasteiger partial charge < -0.3 is 14.8 Å². The highest BCUT2D eigenvalue weighted by molar-refractivity contribution is 5.15. The lowest BCUT2D eigenvalue weighted by molar-refractivity contribution is 0.0175. The summed E-state index contributed by atoms with van der Waals surface area (Å²) in [7, 11) is 1.75. The zero-order valence-electron chi connectivity index (χ0n) is 18.2. The molecule has 7 nitrogen and oxygen atoms in total. The van der Waals surface area contributed by atoms with Crippen molar-refractivity contribution in [2.45, 2.75) is 76.1 Å². The predicted molar refractivity (Wildman–Crippen MR) is 115 cm³/mol. The Morgan fingerprint density at radius 2 is 2.17 bits per heavy atom. The van der Waals surface area contributed by atoms with Crippen molar-refractivity contribution in [3.63, 3.8) is 0 Å². The van der Waals surface area contributed by atoms with Gasteiger partial charge >= 0.3 is 0 Å². The molecule has 166 valence electrons. The van der Waals surface area contributed by atoms with Gasteiger partial charge in [0.2, 0.25) is 0 Å². The SMILES string of the molecule is COCCNC1CC(C)NC(NC2CC3CCOC3C(C3=CCNCCC3)C2)N1. The first-order chi connectivity index (χ1) is 14.2. The molecule has 1 aliphatic carbocycles. The van der Waals surface area contributed by atoms with E-state index in [-0.39, 0.29) is 6.29 Å². The smallest absolute Gasteiger partial charge is 0.113 e. The number of fused-ring (bicyclic) bond motifs is 1. The van der Waals surface area contributed by atoms with E-state index >= 15 is 0 Å². The molecular weight excluding hydrogens is 366 g/mol. The van der Waals surface area contributed by atoms with Crippen LogP contribution in [0.2, 0.25) is 0 Å². The van der Waals surface area contributed by atoms with Crippen LogP contribution in [0.4, 0.5) is 0 Å². The molecular formula is C22H41N5O2. The molecule has 3 aliphatic heterocycles. The molecule has 7 unspecified atom stereocenters. The van der Waals surface area contributed by atoms with E-state index in [4.69, 9.17) is 9.47 Å². The highest BCUT2D eigenvalue weighted by atomic mass is 16.5. The molecule has 7 atom stereocenters. The van der Waals surface area contributed by atoms with E-state index in [2.05, 4.69) is 39.6 Å². The summed E-state index contributed by atoms with van der Waals surface area (Å²) in [4.78, 5) is 0. The van der Waals surface area contributed by atoms with E-state index in [0.717, 1.165) is 39.3 Å². The Bertz CT molecular complexity index is 545. The van der Waals surface area contributed by atoms with Gasteiger partial charge in [-0.2, -0.15) is 0 Å². The van der Waals surface area contributed by atoms with Crippen molar-refractivity contribution < 1.29 is 9.47 Å². The maximum atomic E-state index is 6.25. The molecule has 3 heterocycles. The summed E-state index contributed by atoms with van der Waals surface area (Å²) in [5.41, 5.74) is 1.63. The second-order valence-corrected chi connectivity index (χ2v) is 9.31. The van der Waals surface area contributed by atoms with Crippen LogP contribution in [0.25, 0.3) is 0 Å². The van der Waals surface area contributed by atoms with Crippen LogP contribution in [0.15, 0.2) is 11.6 Å². The van der Waals surface area contributed by atoms with Crippen LogP contribution < -0.4 is 26.6 Å². The van der Waals surface area contributed by atoms with Gasteiger partial charge in [0.15, 0.2) is 0 Å². The van der Waals surface area contributed by atoms with E-state index in [1.807, 2.05) is 0 Å². The van der Waals surface area contributed by atoms with Gasteiger partial charge in [-0.3, -0.25) is 21.3 Å². The van der Waals surface area contributed by atoms with E-state index < -0.39 is 0 Å². The molecule has 5 N–H and O–H groups in total. The zero-order valence-corrected chi connectivity index (χ0v) is 18.2. The molecule has 0 spiro atoms. The Morgan fingerprint density at radius 1 is 1.24 bits per heavy atom. The quantitative estimate of drug-likeness (QED) is 0.317. The largest absolute Gasteiger partial charge is 0.383 e. The molecule has 29 heavy (non-hydrogen) atoms. The molecule has 0 bridgehead atoms. The Balaban J connectivity index is 1.37. The number of methoxy groups -OCH3 is 1. The molecule has 0 aromatic rings. The Hall–Kier alpha value is -0.540. The van der Waals surface area contributed by atoms with Crippen LogP contribution in [-0.2, 0) is 9.47 Å². The van der Waals surface area contributed by atoms with Crippen molar-refractivity contribution in [1.82, 2.24) is 26.6 Å². The summed E-state index contributed by atoms with van der Waals surface area (Å²) >= 11 is 0. The average molecular weight is 408 g/mol. The van der Waals surface area contributed by atoms with Crippen LogP contribution in [0.1, 0.15) is 45.4 Å². The minimum absolute atomic E-state index is 0.146. The molecule has 3 fully saturated rings. The highest BCUT2D eigenvalue weighted by Gasteiger charge is 2.43. The lowest BCUT2D eigenvalue weighted by Gasteiger charge is -2.43. The fourth-order valence-corrected chi connectivity index (χ4v) is 5.75. The van der Waals surface area contributed by atoms with Gasteiger partial charge in [-0.15, -0.1) is 0 Å². The fourth-order valence-electron chi connectivity index (χ4n) is 5.75. The van der Waals surface area contributed by atoms with Gasteiger partial charge in [-0.1, -0.05) is 11.6 Å². The first-order valence-electron chi connectivity index (χ1n) is 11.7. The van der Waals surface area contributed by atoms with Crippen LogP contribution in [-0.4, -0.2) is 70.6 Å². The van der Waals surface area contributed by atoms with Crippen LogP contribution in [0, 0.1) is 11.8 Å². The van der Waals surface area contributed by atoms with Crippen molar-refractivity contribution >= 4 is 0 Å². The summed E-state index contributed by atoms with van der Waals surface area (Å²) < 4.78 is 11.4. The minimum atomic E-state index is 0.146. The van der Waals surface area contributed by atoms with Crippen molar-refractivity contribution in [3.05, 3.63) is 11.6 Å². The number of hydrogen-bond donors (Lipinski definition) is 5. The molecule has 4 rings (SSSR count). The number of nitrogens with one attached hydrogen (secondary N) is 5. The van der Waals surface area contributed by atoms with Crippen LogP contribution in [0.5, 0.6) is 0 Å². The van der Waals surface area contributed by atoms with E-state index in [1.165, 1.54) is 32.1 Å². The maximum Gasteiger partial charge on any atom is 0.113 e. The summed E-state index contributed by atoms with van der Waals surface area (Å²) in [6, 6.07) is 1.00. The first-order valence-corrected chi connectivity index (χ1v) is 11.7. The molecule has 0 radical (unpaired) electrons. The second-order valence-electron chi connectivity index (χ2n) is 9.31. The Kier molecular flexibility index (Phi) is 7.97. The Morgan fingerprint density at radius 3 is 3.07 bits per heavy atom. The first kappa shape index (κ1) is 21.7. The summed E-state index contributed by atoms with van der Waals surface area (Å²) in [6.07, 6.45) is 10.5. The molecule has 0 aromatic carbocycles. The van der Waals surface area contributed by atoms with E-state index in [1.54, 1.807) is 12.7 Å². The summed E-state index contributed by atoms with van der Waals surface area (Å²) in [5, 5.41) is 18.4. The van der Waals surface area contributed by atoms with Gasteiger partial charge in [-0.05, 0) is 57.9 Å². The van der Waals surface area contributed by atoms with Crippen LogP contribution in [0.3, 0.4) is 0 Å². The monoisotopic (exact) mass is 407 g/mol. The summed E-state index contributed by atoms with van der Waals surface area (Å²) in [5.74, 6) is 1.27. The van der Waals surface area contributed by atoms with Crippen molar-refractivity contribution in [2.75, 3.05) is 40.0 Å². The van der Waals surface area contributed by atoms with E-state index in [0.29, 0.717) is 36.2 Å². The third kappa shape index (κ3) is 5.79. The average Bonchev–Trinajstić information content (AvgIpc) is 3.00. The number of hydrogen-bond acceptors (Lipinski definition) is 7. The maximum absolute atomic E-state index is 6.25. The highest BCUT2D eigenvalue weighted by Crippen LogP contribution is 2.42. The fraction of sp³-hybridized carbons (Fsp3) is 0.909. The molecule has 2 saturated heterocycles. The predicted octanol–water partition coefficient (Wildman–Crippen LogP) is 0.887. The molecule has 0 aromatic heterocycles. The van der Waals surface area contributed by atoms with E-state index in [9.17, 15) is 0 Å². The Labute approximate surface area is 176 Å². The molecule has 1 saturated carbocycles. The molecule has 7 heteroatoms. The van der Waals surface area contributed by atoms with Crippen molar-refractivity contribution in [1.29, 1.82) is 0 Å². The van der Waals surface area contributed by atoms with Gasteiger partial charge in [-0.25, -0.2) is 0 Å². The lowest BCUT2D eigenvalue weighted by Crippen LogP contribution is -2.68. The van der Waals surface area contributed by atoms with Crippen molar-refractivity contribution in [3.8, 4) is 0 Å². The van der Waals surface area contributed by atoms with Gasteiger partial charge in [0.25, 0.3) is 0 Å². The normalized spacial score (nSPS) is 40.9. The van der Waals surface area contributed by atoms with Gasteiger partial charge in [0, 0.05) is 44.8 Å². The number of rotatable bonds is 7.